The van der Waals surface area contributed by atoms with Crippen LogP contribution in [0.4, 0.5) is 0 Å². The van der Waals surface area contributed by atoms with Crippen molar-refractivity contribution in [1.82, 2.24) is 24.4 Å². The van der Waals surface area contributed by atoms with E-state index in [1.165, 1.54) is 10.1 Å². The maximum absolute atomic E-state index is 12.8. The molecule has 0 bridgehead atoms. The van der Waals surface area contributed by atoms with Crippen molar-refractivity contribution in [3.05, 3.63) is 68.9 Å². The van der Waals surface area contributed by atoms with Gasteiger partial charge >= 0.3 is 0 Å². The number of rotatable bonds is 5. The lowest BCUT2D eigenvalue weighted by molar-refractivity contribution is 0.415. The van der Waals surface area contributed by atoms with Gasteiger partial charge in [-0.25, -0.2) is 9.50 Å². The molecular formula is C23H27N5O2. The van der Waals surface area contributed by atoms with Gasteiger partial charge in [-0.3, -0.25) is 14.6 Å². The second kappa shape index (κ2) is 7.48. The fraction of sp³-hybridized carbons (Fsp3) is 0.348. The van der Waals surface area contributed by atoms with Gasteiger partial charge in [0.15, 0.2) is 5.65 Å². The Labute approximate surface area is 175 Å². The van der Waals surface area contributed by atoms with E-state index in [1.54, 1.807) is 13.2 Å². The number of aryl methyl sites for hydroxylation is 2. The smallest absolute Gasteiger partial charge is 0.272 e. The summed E-state index contributed by atoms with van der Waals surface area (Å²) in [5, 5.41) is 7.83. The minimum atomic E-state index is -0.116. The van der Waals surface area contributed by atoms with Crippen LogP contribution in [0.1, 0.15) is 41.1 Å². The van der Waals surface area contributed by atoms with Crippen LogP contribution in [0.3, 0.4) is 0 Å². The lowest BCUT2D eigenvalue weighted by atomic mass is 10.1. The van der Waals surface area contributed by atoms with Crippen LogP contribution < -0.4 is 10.3 Å². The molecule has 4 rings (SSSR count). The Bertz CT molecular complexity index is 1280. The van der Waals surface area contributed by atoms with Crippen molar-refractivity contribution in [2.24, 2.45) is 0 Å². The molecule has 0 aliphatic carbocycles. The first-order chi connectivity index (χ1) is 14.3. The van der Waals surface area contributed by atoms with Crippen LogP contribution in [0, 0.1) is 27.7 Å². The van der Waals surface area contributed by atoms with Crippen molar-refractivity contribution in [2.75, 3.05) is 7.11 Å². The van der Waals surface area contributed by atoms with Crippen LogP contribution in [0.25, 0.3) is 16.9 Å². The summed E-state index contributed by atoms with van der Waals surface area (Å²) in [6, 6.07) is 9.36. The van der Waals surface area contributed by atoms with Crippen LogP contribution in [-0.4, -0.2) is 31.5 Å². The predicted octanol–water partition coefficient (Wildman–Crippen LogP) is 3.93. The van der Waals surface area contributed by atoms with Crippen molar-refractivity contribution >= 4 is 5.65 Å². The molecule has 0 spiro atoms. The third-order valence-electron chi connectivity index (χ3n) is 5.95. The molecule has 7 nitrogen and oxygen atoms in total. The molecule has 0 aliphatic heterocycles. The molecular weight excluding hydrogens is 378 g/mol. The standard InChI is InChI=1S/C23H27N5O2/c1-13(12-27-17(5)14(2)16(4)25-27)20-11-21(29)28-23(24-20)15(3)22(26-28)18-7-9-19(30-6)10-8-18/h7-11,13,26H,12H2,1-6H3. The van der Waals surface area contributed by atoms with Crippen molar-refractivity contribution in [1.29, 1.82) is 0 Å². The predicted molar refractivity (Wildman–Crippen MR) is 117 cm³/mol. The summed E-state index contributed by atoms with van der Waals surface area (Å²) in [5.41, 5.74) is 7.49. The van der Waals surface area contributed by atoms with Crippen molar-refractivity contribution in [2.45, 2.75) is 47.1 Å². The van der Waals surface area contributed by atoms with Crippen LogP contribution in [0.15, 0.2) is 35.1 Å². The summed E-state index contributed by atoms with van der Waals surface area (Å²) < 4.78 is 8.75. The van der Waals surface area contributed by atoms with E-state index in [0.717, 1.165) is 39.7 Å². The lowest BCUT2D eigenvalue weighted by Crippen LogP contribution is -2.18. The number of aromatic nitrogens is 5. The molecule has 1 atom stereocenters. The Balaban J connectivity index is 1.73. The Morgan fingerprint density at radius 3 is 2.40 bits per heavy atom. The highest BCUT2D eigenvalue weighted by Gasteiger charge is 2.18. The monoisotopic (exact) mass is 405 g/mol. The average molecular weight is 406 g/mol. The van der Waals surface area contributed by atoms with Gasteiger partial charge < -0.3 is 4.74 Å². The Kier molecular flexibility index (Phi) is 4.97. The maximum Gasteiger partial charge on any atom is 0.272 e. The number of hydrogen-bond acceptors (Lipinski definition) is 4. The molecule has 0 amide bonds. The summed E-state index contributed by atoms with van der Waals surface area (Å²) >= 11 is 0. The third-order valence-corrected chi connectivity index (χ3v) is 5.95. The third kappa shape index (κ3) is 3.30. The zero-order valence-corrected chi connectivity index (χ0v) is 18.3. The Morgan fingerprint density at radius 2 is 1.80 bits per heavy atom. The molecule has 156 valence electrons. The molecule has 3 aromatic heterocycles. The normalized spacial score (nSPS) is 12.5. The number of benzene rings is 1. The van der Waals surface area contributed by atoms with Crippen LogP contribution in [-0.2, 0) is 6.54 Å². The topological polar surface area (TPSA) is 77.2 Å². The van der Waals surface area contributed by atoms with E-state index in [0.29, 0.717) is 12.2 Å². The molecule has 1 N–H and O–H groups in total. The van der Waals surface area contributed by atoms with Crippen LogP contribution in [0.2, 0.25) is 0 Å². The summed E-state index contributed by atoms with van der Waals surface area (Å²) in [5.74, 6) is 0.845. The zero-order valence-electron chi connectivity index (χ0n) is 18.3. The van der Waals surface area contributed by atoms with Crippen LogP contribution in [0.5, 0.6) is 5.75 Å². The van der Waals surface area contributed by atoms with E-state index in [4.69, 9.17) is 9.72 Å². The van der Waals surface area contributed by atoms with Gasteiger partial charge in [0.25, 0.3) is 5.56 Å². The second-order valence-electron chi connectivity index (χ2n) is 7.90. The number of aromatic amines is 1. The molecule has 4 aromatic rings. The minimum absolute atomic E-state index is 0.0545. The first kappa shape index (κ1) is 19.9. The fourth-order valence-electron chi connectivity index (χ4n) is 3.78. The first-order valence-corrected chi connectivity index (χ1v) is 10.1. The summed E-state index contributed by atoms with van der Waals surface area (Å²) in [7, 11) is 1.64. The van der Waals surface area contributed by atoms with Gasteiger partial charge in [-0.1, -0.05) is 6.92 Å². The zero-order chi connectivity index (χ0) is 21.6. The van der Waals surface area contributed by atoms with Gasteiger partial charge in [0.05, 0.1) is 24.2 Å². The van der Waals surface area contributed by atoms with Gasteiger partial charge in [-0.15, -0.1) is 0 Å². The molecule has 30 heavy (non-hydrogen) atoms. The molecule has 7 heteroatoms. The molecule has 1 unspecified atom stereocenters. The highest BCUT2D eigenvalue weighted by atomic mass is 16.5. The average Bonchev–Trinajstić information content (AvgIpc) is 3.20. The first-order valence-electron chi connectivity index (χ1n) is 10.1. The molecule has 1 aromatic carbocycles. The van der Waals surface area contributed by atoms with Gasteiger partial charge in [0, 0.05) is 35.3 Å². The van der Waals surface area contributed by atoms with Crippen LogP contribution >= 0.6 is 0 Å². The lowest BCUT2D eigenvalue weighted by Gasteiger charge is -2.13. The molecule has 3 heterocycles. The van der Waals surface area contributed by atoms with Gasteiger partial charge in [-0.2, -0.15) is 5.10 Å². The van der Waals surface area contributed by atoms with E-state index < -0.39 is 0 Å². The molecule has 0 aliphatic rings. The number of fused-ring (bicyclic) bond motifs is 1. The van der Waals surface area contributed by atoms with E-state index in [2.05, 4.69) is 31.0 Å². The van der Waals surface area contributed by atoms with E-state index in [9.17, 15) is 4.79 Å². The fourth-order valence-corrected chi connectivity index (χ4v) is 3.78. The number of nitrogens with zero attached hydrogens (tertiary/aromatic N) is 4. The quantitative estimate of drug-likeness (QED) is 0.546. The Morgan fingerprint density at radius 1 is 1.10 bits per heavy atom. The van der Waals surface area contributed by atoms with E-state index in [-0.39, 0.29) is 11.5 Å². The van der Waals surface area contributed by atoms with Gasteiger partial charge in [-0.05, 0) is 57.5 Å². The molecule has 0 radical (unpaired) electrons. The number of nitrogens with one attached hydrogen (secondary N) is 1. The highest BCUT2D eigenvalue weighted by Crippen LogP contribution is 2.27. The Hall–Kier alpha value is -3.35. The van der Waals surface area contributed by atoms with Gasteiger partial charge in [0.2, 0.25) is 0 Å². The maximum atomic E-state index is 12.8. The summed E-state index contributed by atoms with van der Waals surface area (Å²) in [4.78, 5) is 17.7. The SMILES string of the molecule is COc1ccc(-c2[nH]n3c(=O)cc(C(C)Cn4nc(C)c(C)c4C)nc3c2C)cc1. The van der Waals surface area contributed by atoms with Crippen molar-refractivity contribution in [3.63, 3.8) is 0 Å². The van der Waals surface area contributed by atoms with Gasteiger partial charge in [0.1, 0.15) is 5.75 Å². The highest BCUT2D eigenvalue weighted by molar-refractivity contribution is 5.70. The largest absolute Gasteiger partial charge is 0.497 e. The number of methoxy groups -OCH3 is 1. The number of ether oxygens (including phenoxy) is 1. The van der Waals surface area contributed by atoms with E-state index in [1.807, 2.05) is 42.8 Å². The molecule has 0 fully saturated rings. The van der Waals surface area contributed by atoms with Crippen molar-refractivity contribution < 1.29 is 4.74 Å². The minimum Gasteiger partial charge on any atom is -0.497 e. The van der Waals surface area contributed by atoms with Crippen molar-refractivity contribution in [3.8, 4) is 17.0 Å². The summed E-state index contributed by atoms with van der Waals surface area (Å²) in [6.45, 7) is 10.9. The second-order valence-corrected chi connectivity index (χ2v) is 7.90. The van der Waals surface area contributed by atoms with E-state index >= 15 is 0 Å². The molecule has 0 saturated carbocycles. The number of hydrogen-bond donors (Lipinski definition) is 1. The number of H-pyrrole nitrogens is 1. The summed E-state index contributed by atoms with van der Waals surface area (Å²) in [6.07, 6.45) is 0. The molecule has 0 saturated heterocycles.